The van der Waals surface area contributed by atoms with Crippen LogP contribution in [-0.4, -0.2) is 26.2 Å². The predicted molar refractivity (Wildman–Crippen MR) is 56.2 cm³/mol. The molecule has 0 rings (SSSR count). The van der Waals surface area contributed by atoms with Gasteiger partial charge in [0.25, 0.3) is 0 Å². The first-order valence-electron chi connectivity index (χ1n) is 4.80. The largest absolute Gasteiger partial charge is 0.469 e. The molecule has 0 aliphatic heterocycles. The summed E-state index contributed by atoms with van der Waals surface area (Å²) in [7, 11) is 2.61. The summed E-state index contributed by atoms with van der Waals surface area (Å²) in [6.45, 7) is 5.62. The van der Waals surface area contributed by atoms with Gasteiger partial charge in [-0.15, -0.1) is 6.58 Å². The summed E-state index contributed by atoms with van der Waals surface area (Å²) in [5.74, 6) is -1.20. The lowest BCUT2D eigenvalue weighted by atomic mass is 9.97. The van der Waals surface area contributed by atoms with Crippen LogP contribution in [-0.2, 0) is 19.1 Å². The zero-order valence-corrected chi connectivity index (χ0v) is 9.54. The minimum Gasteiger partial charge on any atom is -0.469 e. The van der Waals surface area contributed by atoms with Gasteiger partial charge in [-0.2, -0.15) is 0 Å². The van der Waals surface area contributed by atoms with Gasteiger partial charge in [0, 0.05) is 0 Å². The second kappa shape index (κ2) is 7.04. The van der Waals surface area contributed by atoms with E-state index in [1.54, 1.807) is 0 Å². The third kappa shape index (κ3) is 5.88. The first-order chi connectivity index (χ1) is 7.01. The van der Waals surface area contributed by atoms with E-state index in [9.17, 15) is 9.59 Å². The third-order valence-corrected chi connectivity index (χ3v) is 2.09. The Morgan fingerprint density at radius 2 is 1.87 bits per heavy atom. The van der Waals surface area contributed by atoms with E-state index in [0.29, 0.717) is 12.8 Å². The van der Waals surface area contributed by atoms with Gasteiger partial charge < -0.3 is 9.47 Å². The number of hydrogen-bond acceptors (Lipinski definition) is 4. The van der Waals surface area contributed by atoms with E-state index in [1.807, 2.05) is 6.92 Å². The number of carbonyl (C=O) groups excluding carboxylic acids is 2. The van der Waals surface area contributed by atoms with Crippen molar-refractivity contribution in [3.8, 4) is 0 Å². The van der Waals surface area contributed by atoms with E-state index in [1.165, 1.54) is 14.2 Å². The fourth-order valence-electron chi connectivity index (χ4n) is 1.18. The molecule has 4 heteroatoms. The quantitative estimate of drug-likeness (QED) is 0.498. The van der Waals surface area contributed by atoms with Crippen molar-refractivity contribution in [2.75, 3.05) is 14.2 Å². The van der Waals surface area contributed by atoms with Gasteiger partial charge in [0.05, 0.1) is 26.6 Å². The molecule has 0 spiro atoms. The number of carbonyl (C=O) groups is 2. The molecular weight excluding hydrogens is 196 g/mol. The summed E-state index contributed by atoms with van der Waals surface area (Å²) in [6, 6.07) is 0. The maximum atomic E-state index is 11.3. The number of ether oxygens (including phenoxy) is 2. The first kappa shape index (κ1) is 13.7. The topological polar surface area (TPSA) is 52.6 Å². The summed E-state index contributed by atoms with van der Waals surface area (Å²) < 4.78 is 9.13. The molecule has 0 aliphatic rings. The maximum absolute atomic E-state index is 11.3. The van der Waals surface area contributed by atoms with Crippen molar-refractivity contribution in [1.29, 1.82) is 0 Å². The molecular formula is C11H18O4. The molecule has 86 valence electrons. The van der Waals surface area contributed by atoms with Gasteiger partial charge in [-0.3, -0.25) is 9.59 Å². The molecule has 0 radical (unpaired) electrons. The van der Waals surface area contributed by atoms with Gasteiger partial charge in [-0.25, -0.2) is 0 Å². The summed E-state index contributed by atoms with van der Waals surface area (Å²) >= 11 is 0. The van der Waals surface area contributed by atoms with E-state index in [-0.39, 0.29) is 12.4 Å². The molecule has 1 unspecified atom stereocenters. The lowest BCUT2D eigenvalue weighted by Crippen LogP contribution is -2.20. The van der Waals surface area contributed by atoms with Crippen molar-refractivity contribution >= 4 is 11.9 Å². The summed E-state index contributed by atoms with van der Waals surface area (Å²) in [5, 5.41) is 0. The fraction of sp³-hybridized carbons (Fsp3) is 0.636. The van der Waals surface area contributed by atoms with Crippen molar-refractivity contribution in [3.05, 3.63) is 12.2 Å². The first-order valence-corrected chi connectivity index (χ1v) is 4.80. The molecule has 0 aliphatic carbocycles. The number of methoxy groups -OCH3 is 2. The summed E-state index contributed by atoms with van der Waals surface area (Å²) in [5.41, 5.74) is 0.980. The van der Waals surface area contributed by atoms with Gasteiger partial charge in [0.15, 0.2) is 0 Å². The van der Waals surface area contributed by atoms with Crippen LogP contribution >= 0.6 is 0 Å². The Morgan fingerprint density at radius 3 is 2.27 bits per heavy atom. The molecule has 0 N–H and O–H groups in total. The normalized spacial score (nSPS) is 11.7. The highest BCUT2D eigenvalue weighted by Crippen LogP contribution is 2.16. The Bertz CT molecular complexity index is 245. The summed E-state index contributed by atoms with van der Waals surface area (Å²) in [6.07, 6.45) is 1.34. The van der Waals surface area contributed by atoms with E-state index in [0.717, 1.165) is 5.57 Å². The number of hydrogen-bond donors (Lipinski definition) is 0. The van der Waals surface area contributed by atoms with Crippen LogP contribution < -0.4 is 0 Å². The Labute approximate surface area is 90.2 Å². The lowest BCUT2D eigenvalue weighted by molar-refractivity contribution is -0.152. The van der Waals surface area contributed by atoms with Crippen LogP contribution in [0.3, 0.4) is 0 Å². The summed E-state index contributed by atoms with van der Waals surface area (Å²) in [4.78, 5) is 22.4. The van der Waals surface area contributed by atoms with Crippen molar-refractivity contribution in [3.63, 3.8) is 0 Å². The molecule has 0 saturated carbocycles. The van der Waals surface area contributed by atoms with Crippen LogP contribution in [0.4, 0.5) is 0 Å². The predicted octanol–water partition coefficient (Wildman–Crippen LogP) is 1.70. The van der Waals surface area contributed by atoms with Crippen LogP contribution in [0.15, 0.2) is 12.2 Å². The Balaban J connectivity index is 4.24. The number of rotatable bonds is 6. The van der Waals surface area contributed by atoms with Gasteiger partial charge in [-0.1, -0.05) is 5.57 Å². The Morgan fingerprint density at radius 1 is 1.27 bits per heavy atom. The van der Waals surface area contributed by atoms with Crippen LogP contribution in [0.5, 0.6) is 0 Å². The van der Waals surface area contributed by atoms with Gasteiger partial charge in [0.2, 0.25) is 0 Å². The molecule has 0 fully saturated rings. The maximum Gasteiger partial charge on any atom is 0.309 e. The molecule has 0 bridgehead atoms. The van der Waals surface area contributed by atoms with Crippen molar-refractivity contribution in [2.45, 2.75) is 26.2 Å². The molecule has 0 aromatic rings. The highest BCUT2D eigenvalue weighted by atomic mass is 16.5. The van der Waals surface area contributed by atoms with Crippen molar-refractivity contribution < 1.29 is 19.1 Å². The van der Waals surface area contributed by atoms with E-state index in [4.69, 9.17) is 0 Å². The molecule has 15 heavy (non-hydrogen) atoms. The minimum atomic E-state index is -0.431. The van der Waals surface area contributed by atoms with E-state index < -0.39 is 11.9 Å². The molecule has 4 nitrogen and oxygen atoms in total. The average molecular weight is 214 g/mol. The monoisotopic (exact) mass is 214 g/mol. The highest BCUT2D eigenvalue weighted by molar-refractivity contribution is 5.79. The molecule has 0 aromatic carbocycles. The zero-order valence-electron chi connectivity index (χ0n) is 9.54. The van der Waals surface area contributed by atoms with Crippen LogP contribution in [0, 0.1) is 5.92 Å². The Hall–Kier alpha value is -1.32. The van der Waals surface area contributed by atoms with E-state index in [2.05, 4.69) is 16.1 Å². The second-order valence-electron chi connectivity index (χ2n) is 3.50. The van der Waals surface area contributed by atoms with Crippen molar-refractivity contribution in [2.24, 2.45) is 5.92 Å². The van der Waals surface area contributed by atoms with Gasteiger partial charge >= 0.3 is 11.9 Å². The molecule has 0 heterocycles. The smallest absolute Gasteiger partial charge is 0.309 e. The highest BCUT2D eigenvalue weighted by Gasteiger charge is 2.22. The second-order valence-corrected chi connectivity index (χ2v) is 3.50. The third-order valence-electron chi connectivity index (χ3n) is 2.09. The van der Waals surface area contributed by atoms with Gasteiger partial charge in [-0.05, 0) is 19.8 Å². The van der Waals surface area contributed by atoms with Crippen LogP contribution in [0.2, 0.25) is 0 Å². The SMILES string of the molecule is C=C(C)CCC(CC(=O)OC)C(=O)OC. The van der Waals surface area contributed by atoms with Crippen molar-refractivity contribution in [1.82, 2.24) is 0 Å². The minimum absolute atomic E-state index is 0.0659. The molecule has 0 amide bonds. The van der Waals surface area contributed by atoms with E-state index >= 15 is 0 Å². The van der Waals surface area contributed by atoms with Crippen LogP contribution in [0.25, 0.3) is 0 Å². The van der Waals surface area contributed by atoms with Crippen LogP contribution in [0.1, 0.15) is 26.2 Å². The Kier molecular flexibility index (Phi) is 6.42. The standard InChI is InChI=1S/C11H18O4/c1-8(2)5-6-9(11(13)15-4)7-10(12)14-3/h9H,1,5-7H2,2-4H3. The average Bonchev–Trinajstić information content (AvgIpc) is 2.22. The number of allylic oxidation sites excluding steroid dienone is 1. The fourth-order valence-corrected chi connectivity index (χ4v) is 1.18. The molecule has 0 aromatic heterocycles. The lowest BCUT2D eigenvalue weighted by Gasteiger charge is -2.12. The zero-order chi connectivity index (χ0) is 11.8. The molecule has 0 saturated heterocycles. The number of esters is 2. The van der Waals surface area contributed by atoms with Gasteiger partial charge in [0.1, 0.15) is 0 Å². The molecule has 1 atom stereocenters.